The van der Waals surface area contributed by atoms with Gasteiger partial charge in [-0.3, -0.25) is 10.4 Å². The standard InChI is InChI=1S/C18H27BrN4S2/c1-4-5-6-14(13-11-15(19)24-16(13)20)22-7-9-23(10-8-22)17-21-12-18(2,3)25-17/h11,20H,4-10,12H2,1-3H3/b14-13+,20-16?. The van der Waals surface area contributed by atoms with E-state index in [0.29, 0.717) is 5.04 Å². The molecular formula is C18H27BrN4S2. The Hall–Kier alpha value is -0.400. The number of amidine groups is 1. The summed E-state index contributed by atoms with van der Waals surface area (Å²) in [6.07, 6.45) is 5.56. The van der Waals surface area contributed by atoms with Crippen molar-refractivity contribution in [1.82, 2.24) is 9.80 Å². The highest BCUT2D eigenvalue weighted by molar-refractivity contribution is 9.14. The first kappa shape index (κ1) is 19.4. The third kappa shape index (κ3) is 4.66. The molecule has 0 aromatic carbocycles. The van der Waals surface area contributed by atoms with Crippen LogP contribution in [0.2, 0.25) is 0 Å². The van der Waals surface area contributed by atoms with E-state index in [1.54, 1.807) is 0 Å². The quantitative estimate of drug-likeness (QED) is 0.672. The first-order chi connectivity index (χ1) is 11.9. The average molecular weight is 443 g/mol. The Morgan fingerprint density at radius 1 is 1.32 bits per heavy atom. The van der Waals surface area contributed by atoms with Crippen molar-refractivity contribution < 1.29 is 0 Å². The van der Waals surface area contributed by atoms with Crippen molar-refractivity contribution in [2.45, 2.75) is 44.8 Å². The van der Waals surface area contributed by atoms with E-state index in [0.717, 1.165) is 48.5 Å². The number of unbranched alkanes of at least 4 members (excludes halogenated alkanes) is 1. The van der Waals surface area contributed by atoms with Gasteiger partial charge in [-0.25, -0.2) is 0 Å². The van der Waals surface area contributed by atoms with Gasteiger partial charge in [-0.1, -0.05) is 36.9 Å². The van der Waals surface area contributed by atoms with Crippen molar-refractivity contribution in [2.24, 2.45) is 4.99 Å². The number of rotatable bonds is 4. The highest BCUT2D eigenvalue weighted by Gasteiger charge is 2.32. The predicted molar refractivity (Wildman–Crippen MR) is 116 cm³/mol. The molecule has 3 heterocycles. The van der Waals surface area contributed by atoms with E-state index in [1.807, 2.05) is 11.8 Å². The van der Waals surface area contributed by atoms with Crippen molar-refractivity contribution in [3.05, 3.63) is 21.2 Å². The van der Waals surface area contributed by atoms with Crippen molar-refractivity contribution in [3.8, 4) is 0 Å². The maximum absolute atomic E-state index is 8.30. The molecule has 0 aromatic rings. The molecule has 0 unspecified atom stereocenters. The lowest BCUT2D eigenvalue weighted by molar-refractivity contribution is 0.218. The summed E-state index contributed by atoms with van der Waals surface area (Å²) in [6, 6.07) is 0. The molecule has 0 radical (unpaired) electrons. The number of thioether (sulfide) groups is 2. The van der Waals surface area contributed by atoms with Gasteiger partial charge in [-0.15, -0.1) is 0 Å². The Labute approximate surface area is 168 Å². The molecule has 1 N–H and O–H groups in total. The lowest BCUT2D eigenvalue weighted by Crippen LogP contribution is -2.47. The summed E-state index contributed by atoms with van der Waals surface area (Å²) in [4.78, 5) is 9.70. The fraction of sp³-hybridized carbons (Fsp3) is 0.667. The van der Waals surface area contributed by atoms with Gasteiger partial charge in [0.15, 0.2) is 5.17 Å². The Kier molecular flexibility index (Phi) is 6.27. The van der Waals surface area contributed by atoms with Crippen LogP contribution in [0.5, 0.6) is 0 Å². The van der Waals surface area contributed by atoms with Crippen LogP contribution in [0.15, 0.2) is 26.2 Å². The second kappa shape index (κ2) is 8.09. The SMILES string of the molecule is CCCC/C(=C1/C=C(Br)SC1=N)N1CCN(C2=NCC(C)(C)S2)CC1. The zero-order chi connectivity index (χ0) is 18.0. The van der Waals surface area contributed by atoms with E-state index in [-0.39, 0.29) is 4.75 Å². The molecule has 0 bridgehead atoms. The Morgan fingerprint density at radius 2 is 2.04 bits per heavy atom. The summed E-state index contributed by atoms with van der Waals surface area (Å²) < 4.78 is 1.30. The number of nitrogens with one attached hydrogen (secondary N) is 1. The Balaban J connectivity index is 1.69. The van der Waals surface area contributed by atoms with Gasteiger partial charge in [0.25, 0.3) is 0 Å². The van der Waals surface area contributed by atoms with E-state index in [4.69, 9.17) is 10.4 Å². The van der Waals surface area contributed by atoms with Crippen LogP contribution in [0, 0.1) is 5.41 Å². The summed E-state index contributed by atoms with van der Waals surface area (Å²) in [5.74, 6) is 0. The molecule has 3 aliphatic heterocycles. The Bertz CT molecular complexity index is 631. The summed E-state index contributed by atoms with van der Waals surface area (Å²) in [7, 11) is 0. The maximum atomic E-state index is 8.30. The van der Waals surface area contributed by atoms with Crippen molar-refractivity contribution in [3.63, 3.8) is 0 Å². The summed E-state index contributed by atoms with van der Waals surface area (Å²) in [5.41, 5.74) is 2.47. The topological polar surface area (TPSA) is 42.7 Å². The van der Waals surface area contributed by atoms with Gasteiger partial charge >= 0.3 is 0 Å². The third-order valence-electron chi connectivity index (χ3n) is 4.67. The summed E-state index contributed by atoms with van der Waals surface area (Å²) in [5, 5.41) is 10.2. The van der Waals surface area contributed by atoms with Gasteiger partial charge < -0.3 is 9.80 Å². The molecule has 3 aliphatic rings. The number of halogens is 1. The van der Waals surface area contributed by atoms with Crippen LogP contribution in [0.4, 0.5) is 0 Å². The van der Waals surface area contributed by atoms with Crippen LogP contribution in [-0.4, -0.2) is 57.5 Å². The molecule has 1 fully saturated rings. The first-order valence-electron chi connectivity index (χ1n) is 9.00. The normalized spacial score (nSPS) is 25.4. The lowest BCUT2D eigenvalue weighted by Gasteiger charge is -2.39. The maximum Gasteiger partial charge on any atom is 0.159 e. The van der Waals surface area contributed by atoms with Crippen LogP contribution in [0.25, 0.3) is 0 Å². The zero-order valence-corrected chi connectivity index (χ0v) is 18.5. The molecule has 0 spiro atoms. The van der Waals surface area contributed by atoms with E-state index in [1.165, 1.54) is 35.5 Å². The molecule has 0 aromatic heterocycles. The van der Waals surface area contributed by atoms with Gasteiger partial charge in [0.1, 0.15) is 5.04 Å². The second-order valence-corrected chi connectivity index (χ2v) is 11.4. The summed E-state index contributed by atoms with van der Waals surface area (Å²) in [6.45, 7) is 11.8. The third-order valence-corrected chi connectivity index (χ3v) is 7.38. The Morgan fingerprint density at radius 3 is 2.56 bits per heavy atom. The molecule has 0 amide bonds. The number of nitrogens with zero attached hydrogens (tertiary/aromatic N) is 3. The van der Waals surface area contributed by atoms with Crippen molar-refractivity contribution >= 4 is 49.7 Å². The molecule has 25 heavy (non-hydrogen) atoms. The van der Waals surface area contributed by atoms with Crippen LogP contribution >= 0.6 is 39.5 Å². The molecule has 1 saturated heterocycles. The smallest absolute Gasteiger partial charge is 0.159 e. The van der Waals surface area contributed by atoms with Gasteiger partial charge in [0, 0.05) is 42.2 Å². The molecule has 0 atom stereocenters. The minimum atomic E-state index is 0.244. The second-order valence-electron chi connectivity index (χ2n) is 7.28. The first-order valence-corrected chi connectivity index (χ1v) is 11.4. The fourth-order valence-corrected chi connectivity index (χ4v) is 5.72. The number of hydrogen-bond donors (Lipinski definition) is 1. The molecule has 0 aliphatic carbocycles. The van der Waals surface area contributed by atoms with E-state index < -0.39 is 0 Å². The van der Waals surface area contributed by atoms with E-state index in [9.17, 15) is 0 Å². The number of aliphatic imine (C=N–C) groups is 1. The zero-order valence-electron chi connectivity index (χ0n) is 15.3. The summed E-state index contributed by atoms with van der Waals surface area (Å²) >= 11 is 6.98. The minimum absolute atomic E-state index is 0.244. The van der Waals surface area contributed by atoms with Gasteiger partial charge in [-0.2, -0.15) is 0 Å². The van der Waals surface area contributed by atoms with Gasteiger partial charge in [0.2, 0.25) is 0 Å². The average Bonchev–Trinajstić information content (AvgIpc) is 3.10. The van der Waals surface area contributed by atoms with E-state index >= 15 is 0 Å². The molecular weight excluding hydrogens is 416 g/mol. The fourth-order valence-electron chi connectivity index (χ4n) is 3.28. The van der Waals surface area contributed by atoms with Crippen LogP contribution in [0.1, 0.15) is 40.0 Å². The molecule has 7 heteroatoms. The van der Waals surface area contributed by atoms with Crippen molar-refractivity contribution in [2.75, 3.05) is 32.7 Å². The number of hydrogen-bond acceptors (Lipinski definition) is 6. The van der Waals surface area contributed by atoms with Crippen molar-refractivity contribution in [1.29, 1.82) is 5.41 Å². The van der Waals surface area contributed by atoms with Crippen LogP contribution < -0.4 is 0 Å². The highest BCUT2D eigenvalue weighted by Crippen LogP contribution is 2.38. The predicted octanol–water partition coefficient (Wildman–Crippen LogP) is 4.89. The minimum Gasteiger partial charge on any atom is -0.371 e. The highest BCUT2D eigenvalue weighted by atomic mass is 79.9. The van der Waals surface area contributed by atoms with Gasteiger partial charge in [-0.05, 0) is 48.7 Å². The van der Waals surface area contributed by atoms with Gasteiger partial charge in [0.05, 0.1) is 10.4 Å². The van der Waals surface area contributed by atoms with Crippen LogP contribution in [-0.2, 0) is 0 Å². The molecule has 0 saturated carbocycles. The monoisotopic (exact) mass is 442 g/mol. The number of piperazine rings is 1. The number of allylic oxidation sites excluding steroid dienone is 2. The molecule has 3 rings (SSSR count). The largest absolute Gasteiger partial charge is 0.371 e. The van der Waals surface area contributed by atoms with E-state index in [2.05, 4.69) is 52.6 Å². The molecule has 138 valence electrons. The lowest BCUT2D eigenvalue weighted by atomic mass is 10.1. The van der Waals surface area contributed by atoms with Crippen LogP contribution in [0.3, 0.4) is 0 Å². The molecule has 4 nitrogen and oxygen atoms in total.